The molecule has 0 aliphatic carbocycles. The smallest absolute Gasteiger partial charge is 0.412 e. The highest BCUT2D eigenvalue weighted by atomic mass is 35.5. The minimum Gasteiger partial charge on any atom is -0.447 e. The lowest BCUT2D eigenvalue weighted by atomic mass is 10.1. The van der Waals surface area contributed by atoms with E-state index in [4.69, 9.17) is 16.3 Å². The zero-order valence-electron chi connectivity index (χ0n) is 17.0. The summed E-state index contributed by atoms with van der Waals surface area (Å²) in [4.78, 5) is 27.8. The van der Waals surface area contributed by atoms with E-state index in [2.05, 4.69) is 20.9 Å². The minimum atomic E-state index is -0.737. The number of carbonyl (C=O) groups is 2. The molecule has 0 saturated carbocycles. The van der Waals surface area contributed by atoms with Gasteiger partial charge < -0.3 is 20.5 Å². The molecule has 0 fully saturated rings. The lowest BCUT2D eigenvalue weighted by Crippen LogP contribution is -2.36. The van der Waals surface area contributed by atoms with Crippen LogP contribution in [0.4, 0.5) is 15.0 Å². The number of fused-ring (bicyclic) bond motifs is 1. The predicted molar refractivity (Wildman–Crippen MR) is 119 cm³/mol. The molecule has 4 N–H and O–H groups in total. The SMILES string of the molecule is O=C(CNCc1cc(CO)ccc1Cl)NCCOC(=O)Nc1cc2cc(F)ccc2cn1. The Labute approximate surface area is 188 Å². The van der Waals surface area contributed by atoms with E-state index < -0.39 is 6.09 Å². The van der Waals surface area contributed by atoms with Crippen LogP contribution in [0, 0.1) is 5.82 Å². The van der Waals surface area contributed by atoms with Gasteiger partial charge >= 0.3 is 6.09 Å². The summed E-state index contributed by atoms with van der Waals surface area (Å²) in [5.74, 6) is -0.434. The third-order valence-corrected chi connectivity index (χ3v) is 4.83. The number of nitrogens with zero attached hydrogens (tertiary/aromatic N) is 1. The monoisotopic (exact) mass is 460 g/mol. The number of aliphatic hydroxyl groups is 1. The molecule has 0 radical (unpaired) electrons. The van der Waals surface area contributed by atoms with E-state index in [9.17, 15) is 19.1 Å². The molecular formula is C22H22ClFN4O4. The van der Waals surface area contributed by atoms with Gasteiger partial charge in [-0.2, -0.15) is 0 Å². The Morgan fingerprint density at radius 1 is 1.12 bits per heavy atom. The summed E-state index contributed by atoms with van der Waals surface area (Å²) in [5.41, 5.74) is 1.51. The Hall–Kier alpha value is -3.27. The highest BCUT2D eigenvalue weighted by Crippen LogP contribution is 2.18. The molecular weight excluding hydrogens is 439 g/mol. The molecule has 2 aromatic carbocycles. The predicted octanol–water partition coefficient (Wildman–Crippen LogP) is 2.97. The number of halogens is 2. The second kappa shape index (κ2) is 11.4. The van der Waals surface area contributed by atoms with Gasteiger partial charge in [0.25, 0.3) is 0 Å². The quantitative estimate of drug-likeness (QED) is 0.365. The maximum atomic E-state index is 13.3. The lowest BCUT2D eigenvalue weighted by molar-refractivity contribution is -0.120. The number of rotatable bonds is 9. The highest BCUT2D eigenvalue weighted by molar-refractivity contribution is 6.31. The maximum Gasteiger partial charge on any atom is 0.412 e. The molecule has 1 aromatic heterocycles. The molecule has 8 nitrogen and oxygen atoms in total. The zero-order valence-corrected chi connectivity index (χ0v) is 17.8. The molecule has 0 bridgehead atoms. The van der Waals surface area contributed by atoms with Crippen LogP contribution in [0.1, 0.15) is 11.1 Å². The van der Waals surface area contributed by atoms with Crippen LogP contribution in [0.2, 0.25) is 5.02 Å². The molecule has 3 aromatic rings. The van der Waals surface area contributed by atoms with Crippen molar-refractivity contribution in [1.82, 2.24) is 15.6 Å². The van der Waals surface area contributed by atoms with Gasteiger partial charge in [0.1, 0.15) is 18.2 Å². The Bertz CT molecular complexity index is 1110. The van der Waals surface area contributed by atoms with Gasteiger partial charge in [-0.05, 0) is 46.8 Å². The van der Waals surface area contributed by atoms with Gasteiger partial charge in [0.15, 0.2) is 0 Å². The van der Waals surface area contributed by atoms with Crippen molar-refractivity contribution >= 4 is 40.2 Å². The molecule has 0 aliphatic rings. The Kier molecular flexibility index (Phi) is 8.32. The minimum absolute atomic E-state index is 0.0375. The molecule has 0 saturated heterocycles. The highest BCUT2D eigenvalue weighted by Gasteiger charge is 2.07. The standard InChI is InChI=1S/C22H22ClFN4O4/c23-19-4-1-14(13-29)7-17(19)10-25-12-21(30)26-5-6-32-22(31)28-20-9-16-8-18(24)3-2-15(16)11-27-20/h1-4,7-9,11,25,29H,5-6,10,12-13H2,(H,26,30)(H,27,28,31). The van der Waals surface area contributed by atoms with E-state index in [0.29, 0.717) is 17.0 Å². The molecule has 0 unspecified atom stereocenters. The van der Waals surface area contributed by atoms with Crippen molar-refractivity contribution in [3.05, 3.63) is 70.6 Å². The number of aliphatic hydroxyl groups excluding tert-OH is 1. The van der Waals surface area contributed by atoms with Gasteiger partial charge in [-0.3, -0.25) is 10.1 Å². The summed E-state index contributed by atoms with van der Waals surface area (Å²) in [7, 11) is 0. The van der Waals surface area contributed by atoms with Crippen LogP contribution < -0.4 is 16.0 Å². The molecule has 3 rings (SSSR count). The number of carbonyl (C=O) groups excluding carboxylic acids is 2. The second-order valence-electron chi connectivity index (χ2n) is 6.86. The third kappa shape index (κ3) is 6.88. The number of hydrogen-bond acceptors (Lipinski definition) is 6. The van der Waals surface area contributed by atoms with E-state index in [1.54, 1.807) is 24.3 Å². The molecule has 1 heterocycles. The first-order valence-corrected chi connectivity index (χ1v) is 10.2. The normalized spacial score (nSPS) is 10.7. The fraction of sp³-hybridized carbons (Fsp3) is 0.227. The molecule has 168 valence electrons. The fourth-order valence-corrected chi connectivity index (χ4v) is 3.07. The van der Waals surface area contributed by atoms with Gasteiger partial charge in [-0.1, -0.05) is 23.7 Å². The summed E-state index contributed by atoms with van der Waals surface area (Å²) in [6, 6.07) is 11.0. The number of amides is 2. The van der Waals surface area contributed by atoms with Crippen molar-refractivity contribution in [3.8, 4) is 0 Å². The number of anilines is 1. The van der Waals surface area contributed by atoms with Crippen LogP contribution in [0.5, 0.6) is 0 Å². The van der Waals surface area contributed by atoms with E-state index >= 15 is 0 Å². The van der Waals surface area contributed by atoms with E-state index in [-0.39, 0.29) is 43.8 Å². The summed E-state index contributed by atoms with van der Waals surface area (Å²) >= 11 is 6.10. The van der Waals surface area contributed by atoms with Crippen molar-refractivity contribution in [3.63, 3.8) is 0 Å². The van der Waals surface area contributed by atoms with E-state index in [1.165, 1.54) is 24.4 Å². The molecule has 10 heteroatoms. The van der Waals surface area contributed by atoms with Gasteiger partial charge in [-0.15, -0.1) is 0 Å². The van der Waals surface area contributed by atoms with Gasteiger partial charge in [0.2, 0.25) is 5.91 Å². The summed E-state index contributed by atoms with van der Waals surface area (Å²) < 4.78 is 18.3. The first-order chi connectivity index (χ1) is 15.4. The second-order valence-corrected chi connectivity index (χ2v) is 7.27. The third-order valence-electron chi connectivity index (χ3n) is 4.47. The van der Waals surface area contributed by atoms with Crippen LogP contribution in [0.3, 0.4) is 0 Å². The van der Waals surface area contributed by atoms with E-state index in [1.807, 2.05) is 0 Å². The number of aromatic nitrogens is 1. The van der Waals surface area contributed by atoms with Crippen LogP contribution in [-0.2, 0) is 22.7 Å². The van der Waals surface area contributed by atoms with Gasteiger partial charge in [0, 0.05) is 23.2 Å². The van der Waals surface area contributed by atoms with E-state index in [0.717, 1.165) is 16.5 Å². The first-order valence-electron chi connectivity index (χ1n) is 9.79. The Morgan fingerprint density at radius 2 is 1.97 bits per heavy atom. The van der Waals surface area contributed by atoms with Crippen LogP contribution >= 0.6 is 11.6 Å². The Balaban J connectivity index is 1.34. The number of benzene rings is 2. The van der Waals surface area contributed by atoms with Gasteiger partial charge in [-0.25, -0.2) is 14.2 Å². The van der Waals surface area contributed by atoms with Gasteiger partial charge in [0.05, 0.1) is 19.7 Å². The summed E-state index contributed by atoms with van der Waals surface area (Å²) in [6.45, 7) is 0.411. The topological polar surface area (TPSA) is 113 Å². The number of hydrogen-bond donors (Lipinski definition) is 4. The van der Waals surface area contributed by atoms with Crippen molar-refractivity contribution in [1.29, 1.82) is 0 Å². The van der Waals surface area contributed by atoms with Crippen molar-refractivity contribution in [2.45, 2.75) is 13.2 Å². The molecule has 0 atom stereocenters. The van der Waals surface area contributed by atoms with Crippen LogP contribution in [0.25, 0.3) is 10.8 Å². The average molecular weight is 461 g/mol. The van der Waals surface area contributed by atoms with Crippen LogP contribution in [-0.4, -0.2) is 41.8 Å². The summed E-state index contributed by atoms with van der Waals surface area (Å²) in [5, 5.41) is 19.1. The molecule has 2 amide bonds. The van der Waals surface area contributed by atoms with Crippen LogP contribution in [0.15, 0.2) is 48.7 Å². The molecule has 32 heavy (non-hydrogen) atoms. The summed E-state index contributed by atoms with van der Waals surface area (Å²) in [6.07, 6.45) is 0.782. The number of nitrogens with one attached hydrogen (secondary N) is 3. The maximum absolute atomic E-state index is 13.3. The fourth-order valence-electron chi connectivity index (χ4n) is 2.89. The first kappa shape index (κ1) is 23.4. The van der Waals surface area contributed by atoms with Crippen molar-refractivity contribution in [2.24, 2.45) is 0 Å². The molecule has 0 spiro atoms. The largest absolute Gasteiger partial charge is 0.447 e. The lowest BCUT2D eigenvalue weighted by Gasteiger charge is -2.10. The Morgan fingerprint density at radius 3 is 2.78 bits per heavy atom. The average Bonchev–Trinajstić information content (AvgIpc) is 2.77. The van der Waals surface area contributed by atoms with Crippen molar-refractivity contribution in [2.75, 3.05) is 25.0 Å². The number of pyridine rings is 1. The van der Waals surface area contributed by atoms with Crippen molar-refractivity contribution < 1.29 is 23.8 Å². The number of ether oxygens (including phenoxy) is 1. The molecule has 0 aliphatic heterocycles. The zero-order chi connectivity index (χ0) is 22.9.